The third kappa shape index (κ3) is 2.81. The SMILES string of the molecule is COC(=O)c1cn(-c2ccc(N)c(C)c2)c(-c2ccccc2)n1. The lowest BCUT2D eigenvalue weighted by Gasteiger charge is -2.09. The molecule has 0 aliphatic carbocycles. The minimum absolute atomic E-state index is 0.265. The van der Waals surface area contributed by atoms with Crippen LogP contribution in [0.5, 0.6) is 0 Å². The predicted molar refractivity (Wildman–Crippen MR) is 89.5 cm³/mol. The molecule has 1 heterocycles. The molecule has 0 amide bonds. The maximum absolute atomic E-state index is 11.8. The minimum Gasteiger partial charge on any atom is -0.464 e. The number of nitrogens with two attached hydrogens (primary N) is 1. The van der Waals surface area contributed by atoms with E-state index in [1.807, 2.05) is 60.0 Å². The maximum Gasteiger partial charge on any atom is 0.358 e. The standard InChI is InChI=1S/C18H17N3O2/c1-12-10-14(8-9-15(12)19)21-11-16(18(22)23-2)20-17(21)13-6-4-3-5-7-13/h3-11H,19H2,1-2H3. The van der Waals surface area contributed by atoms with Gasteiger partial charge in [0.2, 0.25) is 0 Å². The fourth-order valence-corrected chi connectivity index (χ4v) is 2.38. The molecule has 0 fully saturated rings. The lowest BCUT2D eigenvalue weighted by molar-refractivity contribution is 0.0594. The second-order valence-electron chi connectivity index (χ2n) is 5.22. The van der Waals surface area contributed by atoms with Gasteiger partial charge in [-0.3, -0.25) is 4.57 Å². The van der Waals surface area contributed by atoms with Crippen LogP contribution in [-0.4, -0.2) is 22.6 Å². The van der Waals surface area contributed by atoms with Gasteiger partial charge in [0.15, 0.2) is 5.69 Å². The van der Waals surface area contributed by atoms with Crippen molar-refractivity contribution in [1.82, 2.24) is 9.55 Å². The van der Waals surface area contributed by atoms with Crippen LogP contribution in [0.2, 0.25) is 0 Å². The Kier molecular flexibility index (Phi) is 3.85. The number of hydrogen-bond acceptors (Lipinski definition) is 4. The van der Waals surface area contributed by atoms with E-state index in [1.165, 1.54) is 7.11 Å². The molecule has 5 nitrogen and oxygen atoms in total. The van der Waals surface area contributed by atoms with Gasteiger partial charge < -0.3 is 10.5 Å². The highest BCUT2D eigenvalue weighted by molar-refractivity contribution is 5.88. The minimum atomic E-state index is -0.465. The van der Waals surface area contributed by atoms with Crippen molar-refractivity contribution in [1.29, 1.82) is 0 Å². The van der Waals surface area contributed by atoms with Crippen LogP contribution >= 0.6 is 0 Å². The molecule has 0 spiro atoms. The zero-order valence-corrected chi connectivity index (χ0v) is 13.0. The molecule has 0 saturated heterocycles. The van der Waals surface area contributed by atoms with Crippen LogP contribution in [0.1, 0.15) is 16.1 Å². The molecule has 0 aliphatic rings. The van der Waals surface area contributed by atoms with E-state index < -0.39 is 5.97 Å². The van der Waals surface area contributed by atoms with Gasteiger partial charge in [-0.15, -0.1) is 0 Å². The molecular weight excluding hydrogens is 290 g/mol. The number of aryl methyl sites for hydroxylation is 1. The van der Waals surface area contributed by atoms with E-state index >= 15 is 0 Å². The molecule has 116 valence electrons. The van der Waals surface area contributed by atoms with Gasteiger partial charge in [0.1, 0.15) is 5.82 Å². The summed E-state index contributed by atoms with van der Waals surface area (Å²) in [5.41, 5.74) is 9.65. The molecule has 0 unspecified atom stereocenters. The van der Waals surface area contributed by atoms with Gasteiger partial charge >= 0.3 is 5.97 Å². The third-order valence-electron chi connectivity index (χ3n) is 3.66. The molecule has 0 atom stereocenters. The second-order valence-corrected chi connectivity index (χ2v) is 5.22. The van der Waals surface area contributed by atoms with Crippen LogP contribution in [0, 0.1) is 6.92 Å². The van der Waals surface area contributed by atoms with Crippen LogP contribution in [0.3, 0.4) is 0 Å². The Morgan fingerprint density at radius 2 is 1.91 bits per heavy atom. The molecule has 3 rings (SSSR count). The average molecular weight is 307 g/mol. The van der Waals surface area contributed by atoms with Crippen LogP contribution in [0.15, 0.2) is 54.7 Å². The zero-order chi connectivity index (χ0) is 16.4. The van der Waals surface area contributed by atoms with E-state index in [0.717, 1.165) is 22.5 Å². The van der Waals surface area contributed by atoms with Crippen LogP contribution in [0.25, 0.3) is 17.1 Å². The summed E-state index contributed by atoms with van der Waals surface area (Å²) in [4.78, 5) is 16.3. The van der Waals surface area contributed by atoms with Crippen molar-refractivity contribution in [2.75, 3.05) is 12.8 Å². The van der Waals surface area contributed by atoms with Gasteiger partial charge in [0, 0.05) is 23.1 Å². The Balaban J connectivity index is 2.19. The Morgan fingerprint density at radius 3 is 2.57 bits per heavy atom. The number of rotatable bonds is 3. The molecule has 23 heavy (non-hydrogen) atoms. The summed E-state index contributed by atoms with van der Waals surface area (Å²) in [6.45, 7) is 1.94. The van der Waals surface area contributed by atoms with E-state index in [4.69, 9.17) is 10.5 Å². The molecular formula is C18H17N3O2. The topological polar surface area (TPSA) is 70.1 Å². The molecule has 2 N–H and O–H groups in total. The van der Waals surface area contributed by atoms with Gasteiger partial charge in [-0.05, 0) is 30.7 Å². The van der Waals surface area contributed by atoms with E-state index in [1.54, 1.807) is 6.20 Å². The summed E-state index contributed by atoms with van der Waals surface area (Å²) >= 11 is 0. The third-order valence-corrected chi connectivity index (χ3v) is 3.66. The quantitative estimate of drug-likeness (QED) is 0.596. The van der Waals surface area contributed by atoms with Crippen molar-refractivity contribution in [3.8, 4) is 17.1 Å². The first-order valence-electron chi connectivity index (χ1n) is 7.20. The predicted octanol–water partition coefficient (Wildman–Crippen LogP) is 3.22. The number of imidazole rings is 1. The summed E-state index contributed by atoms with van der Waals surface area (Å²) < 4.78 is 6.65. The largest absolute Gasteiger partial charge is 0.464 e. The molecule has 1 aromatic heterocycles. The number of ether oxygens (including phenoxy) is 1. The fourth-order valence-electron chi connectivity index (χ4n) is 2.38. The van der Waals surface area contributed by atoms with Crippen molar-refractivity contribution in [3.05, 3.63) is 66.0 Å². The molecule has 3 aromatic rings. The van der Waals surface area contributed by atoms with Crippen LogP contribution in [-0.2, 0) is 4.74 Å². The first kappa shape index (κ1) is 14.8. The number of benzene rings is 2. The second kappa shape index (κ2) is 5.96. The molecule has 0 saturated carbocycles. The smallest absolute Gasteiger partial charge is 0.358 e. The van der Waals surface area contributed by atoms with Crippen molar-refractivity contribution in [2.45, 2.75) is 6.92 Å². The number of carbonyl (C=O) groups is 1. The summed E-state index contributed by atoms with van der Waals surface area (Å²) in [6, 6.07) is 15.4. The van der Waals surface area contributed by atoms with Gasteiger partial charge in [-0.25, -0.2) is 9.78 Å². The summed E-state index contributed by atoms with van der Waals surface area (Å²) in [6.07, 6.45) is 1.68. The Morgan fingerprint density at radius 1 is 1.17 bits per heavy atom. The Labute approximate surface area is 134 Å². The summed E-state index contributed by atoms with van der Waals surface area (Å²) in [7, 11) is 1.34. The number of esters is 1. The molecule has 5 heteroatoms. The van der Waals surface area contributed by atoms with Gasteiger partial charge in [-0.2, -0.15) is 0 Å². The highest BCUT2D eigenvalue weighted by atomic mass is 16.5. The van der Waals surface area contributed by atoms with Crippen molar-refractivity contribution < 1.29 is 9.53 Å². The molecule has 2 aromatic carbocycles. The number of hydrogen-bond donors (Lipinski definition) is 1. The number of carbonyl (C=O) groups excluding carboxylic acids is 1. The lowest BCUT2D eigenvalue weighted by atomic mass is 10.1. The molecule has 0 radical (unpaired) electrons. The Bertz CT molecular complexity index is 854. The monoisotopic (exact) mass is 307 g/mol. The maximum atomic E-state index is 11.8. The number of aromatic nitrogens is 2. The highest BCUT2D eigenvalue weighted by Crippen LogP contribution is 2.25. The molecule has 0 bridgehead atoms. The molecule has 0 aliphatic heterocycles. The van der Waals surface area contributed by atoms with Crippen molar-refractivity contribution in [2.24, 2.45) is 0 Å². The van der Waals surface area contributed by atoms with E-state index in [2.05, 4.69) is 4.98 Å². The van der Waals surface area contributed by atoms with Crippen molar-refractivity contribution in [3.63, 3.8) is 0 Å². The summed E-state index contributed by atoms with van der Waals surface area (Å²) in [5.74, 6) is 0.211. The average Bonchev–Trinajstić information content (AvgIpc) is 3.03. The number of methoxy groups -OCH3 is 1. The number of anilines is 1. The zero-order valence-electron chi connectivity index (χ0n) is 13.0. The Hall–Kier alpha value is -3.08. The van der Waals surface area contributed by atoms with Gasteiger partial charge in [0.25, 0.3) is 0 Å². The van der Waals surface area contributed by atoms with E-state index in [0.29, 0.717) is 5.82 Å². The first-order chi connectivity index (χ1) is 11.1. The van der Waals surface area contributed by atoms with Crippen LogP contribution in [0.4, 0.5) is 5.69 Å². The number of nitrogen functional groups attached to an aromatic ring is 1. The first-order valence-corrected chi connectivity index (χ1v) is 7.20. The summed E-state index contributed by atoms with van der Waals surface area (Å²) in [5, 5.41) is 0. The fraction of sp³-hybridized carbons (Fsp3) is 0.111. The lowest BCUT2D eigenvalue weighted by Crippen LogP contribution is -2.01. The van der Waals surface area contributed by atoms with Gasteiger partial charge in [-0.1, -0.05) is 30.3 Å². The number of nitrogens with zero attached hydrogens (tertiary/aromatic N) is 2. The van der Waals surface area contributed by atoms with Gasteiger partial charge in [0.05, 0.1) is 7.11 Å². The van der Waals surface area contributed by atoms with Crippen molar-refractivity contribution >= 4 is 11.7 Å². The van der Waals surface area contributed by atoms with E-state index in [9.17, 15) is 4.79 Å². The van der Waals surface area contributed by atoms with E-state index in [-0.39, 0.29) is 5.69 Å². The normalized spacial score (nSPS) is 10.5. The van der Waals surface area contributed by atoms with Crippen LogP contribution < -0.4 is 5.73 Å². The highest BCUT2D eigenvalue weighted by Gasteiger charge is 2.17.